The molecule has 5 nitrogen and oxygen atoms in total. The molecule has 1 unspecified atom stereocenters. The minimum atomic E-state index is -0.893. The fourth-order valence-electron chi connectivity index (χ4n) is 1.62. The number of hydrogen-bond donors (Lipinski definition) is 2. The van der Waals surface area contributed by atoms with Crippen molar-refractivity contribution in [1.82, 2.24) is 5.32 Å². The molecule has 2 N–H and O–H groups in total. The SMILES string of the molecule is CCCC(CC(=O)O)NC(=O)C1=COCC1. The third-order valence-corrected chi connectivity index (χ3v) is 2.40. The zero-order valence-electron chi connectivity index (χ0n) is 9.36. The van der Waals surface area contributed by atoms with Crippen LogP contribution in [0.15, 0.2) is 11.8 Å². The molecule has 16 heavy (non-hydrogen) atoms. The third-order valence-electron chi connectivity index (χ3n) is 2.40. The molecule has 1 heterocycles. The molecule has 0 aromatic heterocycles. The van der Waals surface area contributed by atoms with Gasteiger partial charge in [0.05, 0.1) is 24.9 Å². The van der Waals surface area contributed by atoms with Crippen LogP contribution < -0.4 is 5.32 Å². The molecule has 0 saturated carbocycles. The van der Waals surface area contributed by atoms with Gasteiger partial charge in [0.25, 0.3) is 5.91 Å². The number of hydrogen-bond acceptors (Lipinski definition) is 3. The maximum absolute atomic E-state index is 11.7. The highest BCUT2D eigenvalue weighted by molar-refractivity contribution is 5.93. The van der Waals surface area contributed by atoms with Crippen molar-refractivity contribution >= 4 is 11.9 Å². The Kier molecular flexibility index (Phi) is 4.82. The zero-order valence-corrected chi connectivity index (χ0v) is 9.36. The summed E-state index contributed by atoms with van der Waals surface area (Å²) in [6, 6.07) is -0.295. The van der Waals surface area contributed by atoms with Crippen molar-refractivity contribution < 1.29 is 19.4 Å². The summed E-state index contributed by atoms with van der Waals surface area (Å²) in [5, 5.41) is 11.4. The second kappa shape index (κ2) is 6.15. The molecular weight excluding hydrogens is 210 g/mol. The van der Waals surface area contributed by atoms with Crippen molar-refractivity contribution in [3.05, 3.63) is 11.8 Å². The Morgan fingerprint density at radius 3 is 2.88 bits per heavy atom. The smallest absolute Gasteiger partial charge is 0.305 e. The fraction of sp³-hybridized carbons (Fsp3) is 0.636. The van der Waals surface area contributed by atoms with Crippen LogP contribution in [0.3, 0.4) is 0 Å². The van der Waals surface area contributed by atoms with Gasteiger partial charge in [-0.05, 0) is 6.42 Å². The molecule has 0 spiro atoms. The number of ether oxygens (including phenoxy) is 1. The Morgan fingerprint density at radius 1 is 1.62 bits per heavy atom. The number of nitrogens with one attached hydrogen (secondary N) is 1. The Hall–Kier alpha value is -1.52. The van der Waals surface area contributed by atoms with Gasteiger partial charge in [-0.15, -0.1) is 0 Å². The first-order chi connectivity index (χ1) is 7.63. The zero-order chi connectivity index (χ0) is 12.0. The van der Waals surface area contributed by atoms with Gasteiger partial charge in [-0.2, -0.15) is 0 Å². The van der Waals surface area contributed by atoms with E-state index in [1.807, 2.05) is 6.92 Å². The molecule has 0 aromatic rings. The molecule has 1 rings (SSSR count). The molecule has 0 fully saturated rings. The first kappa shape index (κ1) is 12.5. The van der Waals surface area contributed by atoms with E-state index in [9.17, 15) is 9.59 Å². The summed E-state index contributed by atoms with van der Waals surface area (Å²) in [5.74, 6) is -1.10. The van der Waals surface area contributed by atoms with E-state index in [-0.39, 0.29) is 18.4 Å². The van der Waals surface area contributed by atoms with Gasteiger partial charge in [-0.3, -0.25) is 9.59 Å². The second-order valence-electron chi connectivity index (χ2n) is 3.82. The van der Waals surface area contributed by atoms with Crippen LogP contribution in [0.1, 0.15) is 32.6 Å². The van der Waals surface area contributed by atoms with Gasteiger partial charge in [-0.1, -0.05) is 13.3 Å². The van der Waals surface area contributed by atoms with Crippen LogP contribution in [-0.2, 0) is 14.3 Å². The van der Waals surface area contributed by atoms with E-state index in [2.05, 4.69) is 5.32 Å². The second-order valence-corrected chi connectivity index (χ2v) is 3.82. The molecule has 0 saturated heterocycles. The van der Waals surface area contributed by atoms with Crippen molar-refractivity contribution in [2.75, 3.05) is 6.61 Å². The number of aliphatic carboxylic acids is 1. The van der Waals surface area contributed by atoms with Gasteiger partial charge < -0.3 is 15.2 Å². The van der Waals surface area contributed by atoms with Crippen LogP contribution in [0.2, 0.25) is 0 Å². The number of rotatable bonds is 6. The van der Waals surface area contributed by atoms with Gasteiger partial charge in [0.15, 0.2) is 0 Å². The van der Waals surface area contributed by atoms with Gasteiger partial charge in [0.1, 0.15) is 0 Å². The predicted octanol–water partition coefficient (Wildman–Crippen LogP) is 1.05. The van der Waals surface area contributed by atoms with E-state index in [1.54, 1.807) is 0 Å². The molecular formula is C11H17NO4. The van der Waals surface area contributed by atoms with Crippen LogP contribution in [0.25, 0.3) is 0 Å². The normalized spacial score (nSPS) is 16.2. The van der Waals surface area contributed by atoms with Gasteiger partial charge in [0.2, 0.25) is 0 Å². The monoisotopic (exact) mass is 227 g/mol. The van der Waals surface area contributed by atoms with Crippen molar-refractivity contribution in [3.8, 4) is 0 Å². The highest BCUT2D eigenvalue weighted by atomic mass is 16.5. The van der Waals surface area contributed by atoms with E-state index in [4.69, 9.17) is 9.84 Å². The molecule has 90 valence electrons. The predicted molar refractivity (Wildman–Crippen MR) is 57.7 cm³/mol. The van der Waals surface area contributed by atoms with Gasteiger partial charge in [-0.25, -0.2) is 0 Å². The fourth-order valence-corrected chi connectivity index (χ4v) is 1.62. The number of carboxylic acids is 1. The van der Waals surface area contributed by atoms with E-state index >= 15 is 0 Å². The number of carbonyl (C=O) groups is 2. The average Bonchev–Trinajstić information content (AvgIpc) is 2.69. The molecule has 1 aliphatic heterocycles. The van der Waals surface area contributed by atoms with E-state index in [0.717, 1.165) is 6.42 Å². The molecule has 0 bridgehead atoms. The molecule has 5 heteroatoms. The van der Waals surface area contributed by atoms with Crippen LogP contribution in [0.4, 0.5) is 0 Å². The summed E-state index contributed by atoms with van der Waals surface area (Å²) in [6.45, 7) is 2.49. The summed E-state index contributed by atoms with van der Waals surface area (Å²) >= 11 is 0. The summed E-state index contributed by atoms with van der Waals surface area (Å²) in [4.78, 5) is 22.3. The molecule has 0 aliphatic carbocycles. The maximum Gasteiger partial charge on any atom is 0.305 e. The number of carbonyl (C=O) groups excluding carboxylic acids is 1. The Labute approximate surface area is 94.5 Å². The minimum absolute atomic E-state index is 0.0340. The molecule has 1 amide bonds. The van der Waals surface area contributed by atoms with Crippen LogP contribution in [0, 0.1) is 0 Å². The quantitative estimate of drug-likeness (QED) is 0.711. The van der Waals surface area contributed by atoms with Gasteiger partial charge in [0, 0.05) is 12.5 Å². The summed E-state index contributed by atoms with van der Waals surface area (Å²) in [7, 11) is 0. The first-order valence-electron chi connectivity index (χ1n) is 5.46. The van der Waals surface area contributed by atoms with Crippen LogP contribution in [-0.4, -0.2) is 29.6 Å². The topological polar surface area (TPSA) is 75.6 Å². The van der Waals surface area contributed by atoms with Crippen molar-refractivity contribution in [2.45, 2.75) is 38.6 Å². The largest absolute Gasteiger partial charge is 0.500 e. The van der Waals surface area contributed by atoms with Crippen molar-refractivity contribution in [3.63, 3.8) is 0 Å². The molecule has 1 aliphatic rings. The Bertz CT molecular complexity index is 298. The lowest BCUT2D eigenvalue weighted by Gasteiger charge is -2.15. The third kappa shape index (κ3) is 3.92. The Morgan fingerprint density at radius 2 is 2.38 bits per heavy atom. The average molecular weight is 227 g/mol. The van der Waals surface area contributed by atoms with Crippen LogP contribution in [0.5, 0.6) is 0 Å². The Balaban J connectivity index is 2.46. The molecule has 0 radical (unpaired) electrons. The minimum Gasteiger partial charge on any atom is -0.500 e. The highest BCUT2D eigenvalue weighted by Gasteiger charge is 2.19. The summed E-state index contributed by atoms with van der Waals surface area (Å²) in [5.41, 5.74) is 0.589. The number of amides is 1. The summed E-state index contributed by atoms with van der Waals surface area (Å²) in [6.07, 6.45) is 3.52. The lowest BCUT2D eigenvalue weighted by Crippen LogP contribution is -2.37. The highest BCUT2D eigenvalue weighted by Crippen LogP contribution is 2.11. The van der Waals surface area contributed by atoms with E-state index < -0.39 is 5.97 Å². The van der Waals surface area contributed by atoms with Crippen molar-refractivity contribution in [1.29, 1.82) is 0 Å². The maximum atomic E-state index is 11.7. The van der Waals surface area contributed by atoms with E-state index in [0.29, 0.717) is 25.0 Å². The molecule has 1 atom stereocenters. The molecule has 0 aromatic carbocycles. The lowest BCUT2D eigenvalue weighted by atomic mass is 10.1. The van der Waals surface area contributed by atoms with Crippen LogP contribution >= 0.6 is 0 Å². The summed E-state index contributed by atoms with van der Waals surface area (Å²) < 4.78 is 4.96. The van der Waals surface area contributed by atoms with Gasteiger partial charge >= 0.3 is 5.97 Å². The standard InChI is InChI=1S/C11H17NO4/c1-2-3-9(6-10(13)14)12-11(15)8-4-5-16-7-8/h7,9H,2-6H2,1H3,(H,12,15)(H,13,14). The first-order valence-corrected chi connectivity index (χ1v) is 5.46. The van der Waals surface area contributed by atoms with Crippen molar-refractivity contribution in [2.24, 2.45) is 0 Å². The number of carboxylic acid groups (broad SMARTS) is 1. The van der Waals surface area contributed by atoms with E-state index in [1.165, 1.54) is 6.26 Å². The lowest BCUT2D eigenvalue weighted by molar-refractivity contribution is -0.137.